The highest BCUT2D eigenvalue weighted by atomic mass is 16.5. The van der Waals surface area contributed by atoms with Crippen molar-refractivity contribution in [3.05, 3.63) is 94.5 Å². The van der Waals surface area contributed by atoms with E-state index in [4.69, 9.17) is 13.9 Å². The molecule has 1 amide bonds. The number of para-hydroxylation sites is 2. The Balaban J connectivity index is 1.42. The second kappa shape index (κ2) is 9.43. The molecule has 0 saturated heterocycles. The molecule has 1 aromatic heterocycles. The summed E-state index contributed by atoms with van der Waals surface area (Å²) >= 11 is 0. The summed E-state index contributed by atoms with van der Waals surface area (Å²) in [6, 6.07) is 21.7. The van der Waals surface area contributed by atoms with Gasteiger partial charge in [-0.25, -0.2) is 4.79 Å². The third-order valence-electron chi connectivity index (χ3n) is 5.22. The zero-order valence-corrected chi connectivity index (χ0v) is 17.9. The molecule has 164 valence electrons. The van der Waals surface area contributed by atoms with Crippen molar-refractivity contribution >= 4 is 17.0 Å². The average Bonchev–Trinajstić information content (AvgIpc) is 3.17. The zero-order chi connectivity index (χ0) is 22.5. The van der Waals surface area contributed by atoms with Crippen molar-refractivity contribution in [2.24, 2.45) is 0 Å². The molecule has 4 rings (SSSR count). The largest absolute Gasteiger partial charge is 0.493 e. The van der Waals surface area contributed by atoms with Crippen LogP contribution in [0.3, 0.4) is 0 Å². The lowest BCUT2D eigenvalue weighted by molar-refractivity contribution is -0.124. The molecule has 4 aromatic rings. The molecule has 0 aliphatic heterocycles. The molecule has 1 heterocycles. The van der Waals surface area contributed by atoms with E-state index in [2.05, 4.69) is 5.32 Å². The second-order valence-corrected chi connectivity index (χ2v) is 7.36. The zero-order valence-electron chi connectivity index (χ0n) is 17.9. The van der Waals surface area contributed by atoms with E-state index in [1.807, 2.05) is 48.5 Å². The Morgan fingerprint density at radius 2 is 1.75 bits per heavy atom. The first kappa shape index (κ1) is 21.2. The normalized spacial score (nSPS) is 11.8. The van der Waals surface area contributed by atoms with Crippen LogP contribution in [0, 0.1) is 0 Å². The molecule has 3 aromatic carbocycles. The van der Waals surface area contributed by atoms with Crippen molar-refractivity contribution < 1.29 is 18.7 Å². The summed E-state index contributed by atoms with van der Waals surface area (Å²) in [6.45, 7) is 2.38. The van der Waals surface area contributed by atoms with Crippen LogP contribution < -0.4 is 20.5 Å². The van der Waals surface area contributed by atoms with Crippen molar-refractivity contribution in [2.75, 3.05) is 7.11 Å². The highest BCUT2D eigenvalue weighted by Gasteiger charge is 2.21. The summed E-state index contributed by atoms with van der Waals surface area (Å²) < 4.78 is 17.9. The van der Waals surface area contributed by atoms with Gasteiger partial charge in [0.25, 0.3) is 0 Å². The number of fused-ring (bicyclic) bond motifs is 1. The molecular formula is C25H24N2O5. The number of rotatable bonds is 8. The van der Waals surface area contributed by atoms with Gasteiger partial charge in [-0.2, -0.15) is 0 Å². The molecule has 7 nitrogen and oxygen atoms in total. The molecule has 0 aliphatic carbocycles. The van der Waals surface area contributed by atoms with E-state index in [1.165, 1.54) is 4.57 Å². The van der Waals surface area contributed by atoms with Crippen molar-refractivity contribution in [1.82, 2.24) is 9.88 Å². The Kier molecular flexibility index (Phi) is 6.26. The number of carbonyl (C=O) groups excluding carboxylic acids is 1. The molecule has 0 spiro atoms. The topological polar surface area (TPSA) is 82.7 Å². The molecule has 7 heteroatoms. The quantitative estimate of drug-likeness (QED) is 0.454. The summed E-state index contributed by atoms with van der Waals surface area (Å²) in [7, 11) is 1.57. The molecule has 1 N–H and O–H groups in total. The summed E-state index contributed by atoms with van der Waals surface area (Å²) in [4.78, 5) is 25.0. The van der Waals surface area contributed by atoms with Gasteiger partial charge in [0.05, 0.1) is 12.6 Å². The summed E-state index contributed by atoms with van der Waals surface area (Å²) in [5.41, 5.74) is 2.94. The summed E-state index contributed by atoms with van der Waals surface area (Å²) in [6.07, 6.45) is 0. The maximum absolute atomic E-state index is 12.7. The molecule has 0 aliphatic rings. The average molecular weight is 432 g/mol. The van der Waals surface area contributed by atoms with Gasteiger partial charge in [0.1, 0.15) is 12.6 Å². The third-order valence-corrected chi connectivity index (χ3v) is 5.22. The number of benzene rings is 3. The van der Waals surface area contributed by atoms with Crippen LogP contribution in [-0.4, -0.2) is 17.6 Å². The molecule has 1 unspecified atom stereocenters. The molecule has 1 atom stereocenters. The first-order valence-corrected chi connectivity index (χ1v) is 10.3. The first-order chi connectivity index (χ1) is 15.6. The van der Waals surface area contributed by atoms with Gasteiger partial charge < -0.3 is 19.2 Å². The lowest BCUT2D eigenvalue weighted by Crippen LogP contribution is -2.34. The van der Waals surface area contributed by atoms with E-state index < -0.39 is 11.8 Å². The molecule has 0 fully saturated rings. The van der Waals surface area contributed by atoms with E-state index >= 15 is 0 Å². The van der Waals surface area contributed by atoms with Gasteiger partial charge in [-0.3, -0.25) is 9.36 Å². The number of oxazole rings is 1. The lowest BCUT2D eigenvalue weighted by Gasteiger charge is -2.15. The predicted octanol–water partition coefficient (Wildman–Crippen LogP) is 4.06. The van der Waals surface area contributed by atoms with Crippen LogP contribution in [0.25, 0.3) is 11.1 Å². The van der Waals surface area contributed by atoms with Crippen LogP contribution >= 0.6 is 0 Å². The smallest absolute Gasteiger partial charge is 0.420 e. The molecular weight excluding hydrogens is 408 g/mol. The second-order valence-electron chi connectivity index (χ2n) is 7.36. The highest BCUT2D eigenvalue weighted by Crippen LogP contribution is 2.29. The number of ether oxygens (including phenoxy) is 2. The van der Waals surface area contributed by atoms with E-state index in [0.29, 0.717) is 29.2 Å². The van der Waals surface area contributed by atoms with Gasteiger partial charge in [0.15, 0.2) is 17.1 Å². The minimum absolute atomic E-state index is 0.281. The number of carbonyl (C=O) groups is 1. The lowest BCUT2D eigenvalue weighted by atomic mass is 10.2. The van der Waals surface area contributed by atoms with E-state index in [1.54, 1.807) is 38.3 Å². The Morgan fingerprint density at radius 3 is 2.53 bits per heavy atom. The monoisotopic (exact) mass is 432 g/mol. The maximum atomic E-state index is 12.7. The van der Waals surface area contributed by atoms with Crippen molar-refractivity contribution in [3.63, 3.8) is 0 Å². The fourth-order valence-corrected chi connectivity index (χ4v) is 3.48. The van der Waals surface area contributed by atoms with Crippen LogP contribution in [0.5, 0.6) is 11.5 Å². The van der Waals surface area contributed by atoms with Gasteiger partial charge in [-0.05, 0) is 42.3 Å². The van der Waals surface area contributed by atoms with Gasteiger partial charge in [0.2, 0.25) is 5.91 Å². The standard InChI is InChI=1S/C25H24N2O5/c1-17(27-20-10-6-7-11-21(20)32-25(27)29)24(28)26-15-19-12-13-22(23(14-19)30-2)31-16-18-8-4-3-5-9-18/h3-14,17H,15-16H2,1-2H3,(H,26,28). The minimum Gasteiger partial charge on any atom is -0.493 e. The van der Waals surface area contributed by atoms with E-state index in [9.17, 15) is 9.59 Å². The number of aromatic nitrogens is 1. The van der Waals surface area contributed by atoms with Gasteiger partial charge in [0, 0.05) is 6.54 Å². The minimum atomic E-state index is -0.721. The predicted molar refractivity (Wildman–Crippen MR) is 121 cm³/mol. The molecule has 0 bridgehead atoms. The van der Waals surface area contributed by atoms with Crippen molar-refractivity contribution in [3.8, 4) is 11.5 Å². The van der Waals surface area contributed by atoms with Crippen LogP contribution in [0.15, 0.2) is 82.0 Å². The number of nitrogens with one attached hydrogen (secondary N) is 1. The maximum Gasteiger partial charge on any atom is 0.420 e. The summed E-state index contributed by atoms with van der Waals surface area (Å²) in [5.74, 6) is 0.353. The Hall–Kier alpha value is -4.00. The van der Waals surface area contributed by atoms with Crippen LogP contribution in [0.1, 0.15) is 24.1 Å². The third kappa shape index (κ3) is 4.51. The number of hydrogen-bond acceptors (Lipinski definition) is 5. The molecule has 32 heavy (non-hydrogen) atoms. The summed E-state index contributed by atoms with van der Waals surface area (Å²) in [5, 5.41) is 2.87. The molecule has 0 saturated carbocycles. The van der Waals surface area contributed by atoms with Crippen molar-refractivity contribution in [2.45, 2.75) is 26.1 Å². The van der Waals surface area contributed by atoms with Gasteiger partial charge in [-0.1, -0.05) is 48.5 Å². The Labute approximate surface area is 185 Å². The van der Waals surface area contributed by atoms with Gasteiger partial charge in [-0.15, -0.1) is 0 Å². The number of hydrogen-bond donors (Lipinski definition) is 1. The van der Waals surface area contributed by atoms with Crippen LogP contribution in [0.4, 0.5) is 0 Å². The Morgan fingerprint density at radius 1 is 1.00 bits per heavy atom. The number of methoxy groups -OCH3 is 1. The van der Waals surface area contributed by atoms with Crippen LogP contribution in [0.2, 0.25) is 0 Å². The number of nitrogens with zero attached hydrogens (tertiary/aromatic N) is 1. The SMILES string of the molecule is COc1cc(CNC(=O)C(C)n2c(=O)oc3ccccc32)ccc1OCc1ccccc1. The fraction of sp³-hybridized carbons (Fsp3) is 0.200. The number of amides is 1. The highest BCUT2D eigenvalue weighted by molar-refractivity contribution is 5.82. The van der Waals surface area contributed by atoms with E-state index in [0.717, 1.165) is 11.1 Å². The fourth-order valence-electron chi connectivity index (χ4n) is 3.48. The Bertz CT molecular complexity index is 1280. The van der Waals surface area contributed by atoms with Gasteiger partial charge >= 0.3 is 5.76 Å². The van der Waals surface area contributed by atoms with E-state index in [-0.39, 0.29) is 12.5 Å². The van der Waals surface area contributed by atoms with Crippen molar-refractivity contribution in [1.29, 1.82) is 0 Å². The first-order valence-electron chi connectivity index (χ1n) is 10.3. The molecule has 0 radical (unpaired) electrons. The van der Waals surface area contributed by atoms with Crippen LogP contribution in [-0.2, 0) is 17.9 Å².